The highest BCUT2D eigenvalue weighted by Gasteiger charge is 2.50. The first-order valence-corrected chi connectivity index (χ1v) is 9.84. The maximum atomic E-state index is 13.1. The van der Waals surface area contributed by atoms with E-state index in [0.29, 0.717) is 50.4 Å². The molecule has 24 heavy (non-hydrogen) atoms. The van der Waals surface area contributed by atoms with Crippen LogP contribution in [0.1, 0.15) is 31.7 Å². The molecule has 3 rings (SSSR count). The van der Waals surface area contributed by atoms with Crippen molar-refractivity contribution in [1.82, 2.24) is 9.21 Å². The normalized spacial score (nSPS) is 21.3. The summed E-state index contributed by atoms with van der Waals surface area (Å²) < 4.78 is 33.5. The number of hydrogen-bond acceptors (Lipinski definition) is 4. The van der Waals surface area contributed by atoms with Crippen LogP contribution in [0.3, 0.4) is 0 Å². The maximum Gasteiger partial charge on any atom is 0.245 e. The largest absolute Gasteiger partial charge is 0.358 e. The number of rotatable bonds is 3. The summed E-state index contributed by atoms with van der Waals surface area (Å²) in [5.74, 6) is 0.107. The Kier molecular flexibility index (Phi) is 4.68. The molecule has 2 heterocycles. The zero-order valence-electron chi connectivity index (χ0n) is 14.2. The Bertz CT molecular complexity index is 707. The molecule has 7 heteroatoms. The smallest absolute Gasteiger partial charge is 0.245 e. The first kappa shape index (κ1) is 17.4. The molecule has 0 radical (unpaired) electrons. The Morgan fingerprint density at radius 1 is 1.17 bits per heavy atom. The van der Waals surface area contributed by atoms with E-state index < -0.39 is 15.7 Å². The van der Waals surface area contributed by atoms with E-state index in [9.17, 15) is 13.2 Å². The second-order valence-electron chi connectivity index (χ2n) is 6.42. The number of carbonyl (C=O) groups excluding carboxylic acids is 1. The SMILES string of the molecule is CCC(=O)N1CCC2(CC1)OCCN2S(=O)(=O)c1ccc(C)cc1. The minimum absolute atomic E-state index is 0.107. The van der Waals surface area contributed by atoms with Crippen LogP contribution in [0.25, 0.3) is 0 Å². The van der Waals surface area contributed by atoms with Gasteiger partial charge >= 0.3 is 0 Å². The van der Waals surface area contributed by atoms with Crippen LogP contribution in [0.4, 0.5) is 0 Å². The van der Waals surface area contributed by atoms with E-state index in [-0.39, 0.29) is 5.91 Å². The van der Waals surface area contributed by atoms with Gasteiger partial charge in [0.15, 0.2) is 0 Å². The average Bonchev–Trinajstić information content (AvgIpc) is 2.99. The molecular weight excluding hydrogens is 328 g/mol. The number of nitrogens with zero attached hydrogens (tertiary/aromatic N) is 2. The van der Waals surface area contributed by atoms with Crippen LogP contribution < -0.4 is 0 Å². The average molecular weight is 352 g/mol. The van der Waals surface area contributed by atoms with E-state index in [4.69, 9.17) is 4.74 Å². The molecule has 0 unspecified atom stereocenters. The summed E-state index contributed by atoms with van der Waals surface area (Å²) in [6.07, 6.45) is 1.51. The molecule has 1 spiro atoms. The zero-order valence-corrected chi connectivity index (χ0v) is 15.0. The van der Waals surface area contributed by atoms with E-state index in [2.05, 4.69) is 0 Å². The lowest BCUT2D eigenvalue weighted by atomic mass is 10.0. The molecule has 0 atom stereocenters. The van der Waals surface area contributed by atoms with Gasteiger partial charge in [-0.05, 0) is 19.1 Å². The van der Waals surface area contributed by atoms with Crippen LogP contribution in [0.15, 0.2) is 29.2 Å². The fourth-order valence-corrected chi connectivity index (χ4v) is 5.22. The Morgan fingerprint density at radius 2 is 1.79 bits per heavy atom. The number of aryl methyl sites for hydroxylation is 1. The monoisotopic (exact) mass is 352 g/mol. The summed E-state index contributed by atoms with van der Waals surface area (Å²) in [7, 11) is -3.60. The number of likely N-dealkylation sites (tertiary alicyclic amines) is 1. The molecule has 6 nitrogen and oxygen atoms in total. The van der Waals surface area contributed by atoms with Gasteiger partial charge in [0.2, 0.25) is 15.9 Å². The van der Waals surface area contributed by atoms with Crippen molar-refractivity contribution in [3.8, 4) is 0 Å². The van der Waals surface area contributed by atoms with Crippen LogP contribution in [-0.2, 0) is 19.6 Å². The van der Waals surface area contributed by atoms with E-state index in [1.165, 1.54) is 4.31 Å². The molecule has 0 bridgehead atoms. The summed E-state index contributed by atoms with van der Waals surface area (Å²) in [6, 6.07) is 6.90. The molecule has 2 aliphatic rings. The van der Waals surface area contributed by atoms with E-state index in [1.54, 1.807) is 29.2 Å². The minimum Gasteiger partial charge on any atom is -0.358 e. The second kappa shape index (κ2) is 6.46. The molecule has 2 fully saturated rings. The first-order valence-electron chi connectivity index (χ1n) is 8.40. The van der Waals surface area contributed by atoms with Gasteiger partial charge in [-0.25, -0.2) is 8.42 Å². The van der Waals surface area contributed by atoms with Crippen molar-refractivity contribution in [3.63, 3.8) is 0 Å². The summed E-state index contributed by atoms with van der Waals surface area (Å²) in [5.41, 5.74) is 0.210. The molecule has 2 saturated heterocycles. The standard InChI is InChI=1S/C17H24N2O4S/c1-3-16(20)18-10-8-17(9-11-18)19(12-13-23-17)24(21,22)15-6-4-14(2)5-7-15/h4-7H,3,8-13H2,1-2H3. The van der Waals surface area contributed by atoms with E-state index in [1.807, 2.05) is 13.8 Å². The van der Waals surface area contributed by atoms with Crippen LogP contribution in [0, 0.1) is 6.92 Å². The molecule has 0 N–H and O–H groups in total. The Labute approximate surface area is 143 Å². The Morgan fingerprint density at radius 3 is 2.38 bits per heavy atom. The van der Waals surface area contributed by atoms with Gasteiger partial charge in [-0.1, -0.05) is 24.6 Å². The van der Waals surface area contributed by atoms with Crippen molar-refractivity contribution >= 4 is 15.9 Å². The van der Waals surface area contributed by atoms with Crippen LogP contribution in [0.5, 0.6) is 0 Å². The Hall–Kier alpha value is -1.44. The van der Waals surface area contributed by atoms with Crippen molar-refractivity contribution in [2.24, 2.45) is 0 Å². The highest BCUT2D eigenvalue weighted by atomic mass is 32.2. The zero-order chi connectivity index (χ0) is 17.4. The lowest BCUT2D eigenvalue weighted by molar-refractivity contribution is -0.139. The number of benzene rings is 1. The van der Waals surface area contributed by atoms with Crippen LogP contribution in [0.2, 0.25) is 0 Å². The van der Waals surface area contributed by atoms with Gasteiger partial charge in [-0.2, -0.15) is 4.31 Å². The Balaban J connectivity index is 1.83. The van der Waals surface area contributed by atoms with Crippen molar-refractivity contribution in [1.29, 1.82) is 0 Å². The molecule has 1 aromatic rings. The number of piperidine rings is 1. The summed E-state index contributed by atoms with van der Waals surface area (Å²) >= 11 is 0. The van der Waals surface area contributed by atoms with Crippen LogP contribution in [-0.4, -0.2) is 55.5 Å². The number of hydrogen-bond donors (Lipinski definition) is 0. The van der Waals surface area contributed by atoms with Crippen molar-refractivity contribution < 1.29 is 17.9 Å². The lowest BCUT2D eigenvalue weighted by Crippen LogP contribution is -2.55. The van der Waals surface area contributed by atoms with Gasteiger partial charge < -0.3 is 9.64 Å². The molecule has 1 aromatic carbocycles. The summed E-state index contributed by atoms with van der Waals surface area (Å²) in [5, 5.41) is 0. The molecule has 1 amide bonds. The van der Waals surface area contributed by atoms with Crippen molar-refractivity contribution in [3.05, 3.63) is 29.8 Å². The van der Waals surface area contributed by atoms with Gasteiger partial charge in [0.25, 0.3) is 0 Å². The fraction of sp³-hybridized carbons (Fsp3) is 0.588. The quantitative estimate of drug-likeness (QED) is 0.831. The molecular formula is C17H24N2O4S. The first-order chi connectivity index (χ1) is 11.4. The predicted molar refractivity (Wildman–Crippen MR) is 89.9 cm³/mol. The van der Waals surface area contributed by atoms with Gasteiger partial charge in [0.1, 0.15) is 5.72 Å². The van der Waals surface area contributed by atoms with Gasteiger partial charge in [0.05, 0.1) is 11.5 Å². The third-order valence-corrected chi connectivity index (χ3v) is 6.89. The van der Waals surface area contributed by atoms with E-state index in [0.717, 1.165) is 5.56 Å². The second-order valence-corrected chi connectivity index (χ2v) is 8.28. The maximum absolute atomic E-state index is 13.1. The third kappa shape index (κ3) is 2.96. The summed E-state index contributed by atoms with van der Waals surface area (Å²) in [4.78, 5) is 13.9. The molecule has 132 valence electrons. The third-order valence-electron chi connectivity index (χ3n) is 4.93. The molecule has 0 aliphatic carbocycles. The fourth-order valence-electron chi connectivity index (χ4n) is 3.49. The van der Waals surface area contributed by atoms with Gasteiger partial charge in [-0.15, -0.1) is 0 Å². The van der Waals surface area contributed by atoms with E-state index >= 15 is 0 Å². The van der Waals surface area contributed by atoms with Gasteiger partial charge in [0, 0.05) is 38.9 Å². The lowest BCUT2D eigenvalue weighted by Gasteiger charge is -2.42. The minimum atomic E-state index is -3.60. The number of amides is 1. The predicted octanol–water partition coefficient (Wildman–Crippen LogP) is 1.74. The number of ether oxygens (including phenoxy) is 1. The summed E-state index contributed by atoms with van der Waals surface area (Å²) in [6.45, 7) is 5.59. The van der Waals surface area contributed by atoms with Crippen molar-refractivity contribution in [2.45, 2.75) is 43.7 Å². The highest BCUT2D eigenvalue weighted by molar-refractivity contribution is 7.89. The molecule has 0 saturated carbocycles. The van der Waals surface area contributed by atoms with Crippen LogP contribution >= 0.6 is 0 Å². The topological polar surface area (TPSA) is 66.9 Å². The number of carbonyl (C=O) groups is 1. The highest BCUT2D eigenvalue weighted by Crippen LogP contribution is 2.38. The number of sulfonamides is 1. The van der Waals surface area contributed by atoms with Crippen molar-refractivity contribution in [2.75, 3.05) is 26.2 Å². The molecule has 2 aliphatic heterocycles. The molecule has 0 aromatic heterocycles. The van der Waals surface area contributed by atoms with Gasteiger partial charge in [-0.3, -0.25) is 4.79 Å².